The number of benzene rings is 2. The fraction of sp³-hybridized carbons (Fsp3) is 0.318. The van der Waals surface area contributed by atoms with Gasteiger partial charge in [-0.1, -0.05) is 48.5 Å². The lowest BCUT2D eigenvalue weighted by Crippen LogP contribution is -2.41. The summed E-state index contributed by atoms with van der Waals surface area (Å²) in [6.45, 7) is 1.63. The maximum atomic E-state index is 13.2. The van der Waals surface area contributed by atoms with Crippen LogP contribution in [0.2, 0.25) is 0 Å². The first-order valence-corrected chi connectivity index (χ1v) is 9.32. The first kappa shape index (κ1) is 16.2. The summed E-state index contributed by atoms with van der Waals surface area (Å²) in [5, 5.41) is 0. The van der Waals surface area contributed by atoms with Crippen LogP contribution in [-0.2, 0) is 19.1 Å². The molecule has 0 radical (unpaired) electrons. The van der Waals surface area contributed by atoms with Gasteiger partial charge in [0, 0.05) is 11.8 Å². The highest BCUT2D eigenvalue weighted by Gasteiger charge is 2.61. The van der Waals surface area contributed by atoms with E-state index in [0.29, 0.717) is 0 Å². The quantitative estimate of drug-likeness (QED) is 0.622. The molecule has 136 valence electrons. The van der Waals surface area contributed by atoms with E-state index >= 15 is 0 Å². The number of imide groups is 1. The van der Waals surface area contributed by atoms with Gasteiger partial charge in [-0.15, -0.1) is 0 Å². The molecule has 2 aromatic rings. The van der Waals surface area contributed by atoms with Gasteiger partial charge in [-0.25, -0.2) is 0 Å². The normalized spacial score (nSPS) is 27.2. The zero-order chi connectivity index (χ0) is 18.7. The SMILES string of the molecule is CCOC(=O)CN1C(=O)[C@@H]2C3c4ccccc4C(c4ccccc43)[C@@H]2C1=O. The summed E-state index contributed by atoms with van der Waals surface area (Å²) in [5.41, 5.74) is 4.51. The predicted octanol–water partition coefficient (Wildman–Crippen LogP) is 2.44. The third-order valence-electron chi connectivity index (χ3n) is 6.13. The summed E-state index contributed by atoms with van der Waals surface area (Å²) in [7, 11) is 0. The first-order chi connectivity index (χ1) is 13.1. The van der Waals surface area contributed by atoms with Gasteiger partial charge in [0.1, 0.15) is 6.54 Å². The van der Waals surface area contributed by atoms with Crippen molar-refractivity contribution in [2.45, 2.75) is 18.8 Å². The smallest absolute Gasteiger partial charge is 0.326 e. The maximum absolute atomic E-state index is 13.2. The van der Waals surface area contributed by atoms with Crippen LogP contribution in [0.4, 0.5) is 0 Å². The van der Waals surface area contributed by atoms with Crippen LogP contribution < -0.4 is 0 Å². The van der Waals surface area contributed by atoms with Crippen molar-refractivity contribution in [3.8, 4) is 0 Å². The Morgan fingerprint density at radius 3 is 1.63 bits per heavy atom. The Morgan fingerprint density at radius 1 is 0.852 bits per heavy atom. The number of carbonyl (C=O) groups excluding carboxylic acids is 3. The van der Waals surface area contributed by atoms with Crippen molar-refractivity contribution in [2.75, 3.05) is 13.2 Å². The van der Waals surface area contributed by atoms with E-state index in [2.05, 4.69) is 24.3 Å². The van der Waals surface area contributed by atoms with Gasteiger partial charge in [0.15, 0.2) is 0 Å². The third-order valence-corrected chi connectivity index (χ3v) is 6.13. The van der Waals surface area contributed by atoms with Crippen LogP contribution >= 0.6 is 0 Å². The van der Waals surface area contributed by atoms with Gasteiger partial charge in [0.05, 0.1) is 18.4 Å². The average molecular weight is 361 g/mol. The molecule has 1 saturated heterocycles. The van der Waals surface area contributed by atoms with Crippen molar-refractivity contribution in [1.29, 1.82) is 0 Å². The Morgan fingerprint density at radius 2 is 1.26 bits per heavy atom. The molecule has 27 heavy (non-hydrogen) atoms. The lowest BCUT2D eigenvalue weighted by molar-refractivity contribution is -0.152. The van der Waals surface area contributed by atoms with Crippen LogP contribution in [0.3, 0.4) is 0 Å². The van der Waals surface area contributed by atoms with Crippen LogP contribution in [0, 0.1) is 11.8 Å². The van der Waals surface area contributed by atoms with E-state index in [1.807, 2.05) is 24.3 Å². The molecule has 2 amide bonds. The molecule has 4 aliphatic rings. The third kappa shape index (κ3) is 2.08. The molecule has 3 aliphatic carbocycles. The second-order valence-corrected chi connectivity index (χ2v) is 7.33. The van der Waals surface area contributed by atoms with Gasteiger partial charge < -0.3 is 4.74 Å². The van der Waals surface area contributed by atoms with E-state index in [9.17, 15) is 14.4 Å². The van der Waals surface area contributed by atoms with Crippen LogP contribution in [0.25, 0.3) is 0 Å². The highest BCUT2D eigenvalue weighted by molar-refractivity contribution is 6.09. The molecule has 0 saturated carbocycles. The Bertz CT molecular complexity index is 866. The maximum Gasteiger partial charge on any atom is 0.326 e. The first-order valence-electron chi connectivity index (χ1n) is 9.32. The Kier molecular flexibility index (Phi) is 3.47. The molecule has 0 unspecified atom stereocenters. The second kappa shape index (κ2) is 5.78. The number of hydrogen-bond acceptors (Lipinski definition) is 4. The fourth-order valence-electron chi connectivity index (χ4n) is 5.23. The van der Waals surface area contributed by atoms with E-state index in [4.69, 9.17) is 4.74 Å². The lowest BCUT2D eigenvalue weighted by atomic mass is 9.55. The molecule has 6 rings (SSSR count). The van der Waals surface area contributed by atoms with E-state index in [-0.39, 0.29) is 36.8 Å². The molecule has 2 atom stereocenters. The Labute approximate surface area is 156 Å². The average Bonchev–Trinajstić information content (AvgIpc) is 2.94. The number of rotatable bonds is 3. The summed E-state index contributed by atoms with van der Waals surface area (Å²) >= 11 is 0. The van der Waals surface area contributed by atoms with E-state index in [0.717, 1.165) is 27.2 Å². The van der Waals surface area contributed by atoms with E-state index in [1.165, 1.54) is 0 Å². The monoisotopic (exact) mass is 361 g/mol. The lowest BCUT2D eigenvalue weighted by Gasteiger charge is -2.45. The molecule has 5 heteroatoms. The highest BCUT2D eigenvalue weighted by atomic mass is 16.5. The van der Waals surface area contributed by atoms with Gasteiger partial charge in [-0.3, -0.25) is 19.3 Å². The predicted molar refractivity (Wildman–Crippen MR) is 96.9 cm³/mol. The minimum atomic E-state index is -0.541. The van der Waals surface area contributed by atoms with Crippen molar-refractivity contribution >= 4 is 17.8 Å². The summed E-state index contributed by atoms with van der Waals surface area (Å²) in [6, 6.07) is 16.2. The van der Waals surface area contributed by atoms with Gasteiger partial charge in [0.2, 0.25) is 11.8 Å². The standard InChI is InChI=1S/C22H19NO4/c1-2-27-16(24)11-23-21(25)19-17-12-7-3-4-8-13(12)18(20(19)22(23)26)15-10-6-5-9-14(15)17/h3-10,17-20H,2,11H2,1H3/t17?,18?,19-,20+. The zero-order valence-corrected chi connectivity index (χ0v) is 14.9. The van der Waals surface area contributed by atoms with Crippen LogP contribution in [0.15, 0.2) is 48.5 Å². The Hall–Kier alpha value is -2.95. The van der Waals surface area contributed by atoms with Crippen LogP contribution in [0.5, 0.6) is 0 Å². The number of ether oxygens (including phenoxy) is 1. The summed E-state index contributed by atoms with van der Waals surface area (Å²) in [6.07, 6.45) is 0. The molecule has 1 fully saturated rings. The van der Waals surface area contributed by atoms with Gasteiger partial charge in [-0.05, 0) is 29.2 Å². The van der Waals surface area contributed by atoms with Gasteiger partial charge in [0.25, 0.3) is 0 Å². The molecule has 0 spiro atoms. The number of hydrogen-bond donors (Lipinski definition) is 0. The van der Waals surface area contributed by atoms with Crippen molar-refractivity contribution in [3.63, 3.8) is 0 Å². The Balaban J connectivity index is 1.64. The van der Waals surface area contributed by atoms with Crippen LogP contribution in [0.1, 0.15) is 41.0 Å². The minimum absolute atomic E-state index is 0.143. The summed E-state index contributed by atoms with van der Waals surface area (Å²) < 4.78 is 4.96. The van der Waals surface area contributed by atoms with Crippen molar-refractivity contribution < 1.29 is 19.1 Å². The molecule has 0 N–H and O–H groups in total. The number of likely N-dealkylation sites (tertiary alicyclic amines) is 1. The molecule has 0 aromatic heterocycles. The number of amides is 2. The van der Waals surface area contributed by atoms with E-state index in [1.54, 1.807) is 6.92 Å². The molecule has 1 heterocycles. The van der Waals surface area contributed by atoms with Gasteiger partial charge in [-0.2, -0.15) is 0 Å². The number of nitrogens with zero attached hydrogens (tertiary/aromatic N) is 1. The van der Waals surface area contributed by atoms with Gasteiger partial charge >= 0.3 is 5.97 Å². The molecule has 2 bridgehead atoms. The van der Waals surface area contributed by atoms with Crippen molar-refractivity contribution in [2.24, 2.45) is 11.8 Å². The fourth-order valence-corrected chi connectivity index (χ4v) is 5.23. The molecular weight excluding hydrogens is 342 g/mol. The van der Waals surface area contributed by atoms with E-state index < -0.39 is 17.8 Å². The molecular formula is C22H19NO4. The second-order valence-electron chi connectivity index (χ2n) is 7.33. The summed E-state index contributed by atoms with van der Waals surface area (Å²) in [4.78, 5) is 39.5. The van der Waals surface area contributed by atoms with Crippen molar-refractivity contribution in [1.82, 2.24) is 4.90 Å². The minimum Gasteiger partial charge on any atom is -0.465 e. The number of carbonyl (C=O) groups is 3. The topological polar surface area (TPSA) is 63.7 Å². The van der Waals surface area contributed by atoms with Crippen molar-refractivity contribution in [3.05, 3.63) is 70.8 Å². The highest BCUT2D eigenvalue weighted by Crippen LogP contribution is 2.60. The molecule has 2 aromatic carbocycles. The number of esters is 1. The zero-order valence-electron chi connectivity index (χ0n) is 14.9. The largest absolute Gasteiger partial charge is 0.465 e. The summed E-state index contributed by atoms with van der Waals surface area (Å²) in [5.74, 6) is -2.22. The molecule has 5 nitrogen and oxygen atoms in total. The van der Waals surface area contributed by atoms with Crippen LogP contribution in [-0.4, -0.2) is 35.8 Å². The molecule has 1 aliphatic heterocycles.